The molecule has 0 unspecified atom stereocenters. The molecule has 0 radical (unpaired) electrons. The highest BCUT2D eigenvalue weighted by Crippen LogP contribution is 2.19. The Morgan fingerprint density at radius 1 is 1.33 bits per heavy atom. The smallest absolute Gasteiger partial charge is 0.198 e. The molecule has 0 saturated heterocycles. The van der Waals surface area contributed by atoms with Crippen LogP contribution in [-0.2, 0) is 0 Å². The second-order valence-electron chi connectivity index (χ2n) is 3.75. The van der Waals surface area contributed by atoms with Gasteiger partial charge in [0.2, 0.25) is 0 Å². The van der Waals surface area contributed by atoms with E-state index in [1.807, 2.05) is 24.3 Å². The van der Waals surface area contributed by atoms with E-state index >= 15 is 0 Å². The molecule has 0 saturated carbocycles. The minimum absolute atomic E-state index is 0.437. The van der Waals surface area contributed by atoms with Crippen molar-refractivity contribution in [2.45, 2.75) is 0 Å². The Balaban J connectivity index is 2.24. The number of nitrogens with zero attached hydrogens (tertiary/aromatic N) is 3. The van der Waals surface area contributed by atoms with Crippen molar-refractivity contribution in [3.05, 3.63) is 41.4 Å². The fraction of sp³-hybridized carbons (Fsp3) is 0.0833. The van der Waals surface area contributed by atoms with Crippen LogP contribution in [0.5, 0.6) is 5.75 Å². The van der Waals surface area contributed by atoms with E-state index in [1.54, 1.807) is 24.2 Å². The van der Waals surface area contributed by atoms with E-state index in [4.69, 9.17) is 17.0 Å². The molecule has 0 spiro atoms. The van der Waals surface area contributed by atoms with Crippen molar-refractivity contribution in [2.75, 3.05) is 7.11 Å². The Morgan fingerprint density at radius 2 is 2.22 bits per heavy atom. The van der Waals surface area contributed by atoms with E-state index in [9.17, 15) is 0 Å². The van der Waals surface area contributed by atoms with Crippen LogP contribution in [0.1, 0.15) is 0 Å². The van der Waals surface area contributed by atoms with E-state index in [0.717, 1.165) is 22.5 Å². The highest BCUT2D eigenvalue weighted by atomic mass is 32.1. The largest absolute Gasteiger partial charge is 0.497 e. The van der Waals surface area contributed by atoms with Gasteiger partial charge in [-0.2, -0.15) is 5.10 Å². The van der Waals surface area contributed by atoms with Crippen molar-refractivity contribution in [1.29, 1.82) is 0 Å². The normalized spacial score (nSPS) is 10.7. The molecule has 0 atom stereocenters. The summed E-state index contributed by atoms with van der Waals surface area (Å²) in [6, 6.07) is 7.66. The number of methoxy groups -OCH3 is 1. The highest BCUT2D eigenvalue weighted by Gasteiger charge is 2.06. The molecule has 5 nitrogen and oxygen atoms in total. The molecule has 0 aliphatic heterocycles. The molecule has 0 fully saturated rings. The van der Waals surface area contributed by atoms with Crippen LogP contribution in [-0.4, -0.2) is 26.9 Å². The lowest BCUT2D eigenvalue weighted by molar-refractivity contribution is 0.414. The van der Waals surface area contributed by atoms with Crippen LogP contribution in [0.25, 0.3) is 16.7 Å². The van der Waals surface area contributed by atoms with Gasteiger partial charge in [-0.1, -0.05) is 6.07 Å². The number of hydrogen-bond acceptors (Lipinski definition) is 4. The van der Waals surface area contributed by atoms with Crippen LogP contribution in [0.3, 0.4) is 0 Å². The van der Waals surface area contributed by atoms with E-state index in [1.165, 1.54) is 0 Å². The monoisotopic (exact) mass is 258 g/mol. The number of ether oxygens (including phenoxy) is 1. The number of benzene rings is 1. The summed E-state index contributed by atoms with van der Waals surface area (Å²) in [4.78, 5) is 7.07. The van der Waals surface area contributed by atoms with Gasteiger partial charge in [-0.05, 0) is 24.4 Å². The van der Waals surface area contributed by atoms with Crippen LogP contribution in [0.2, 0.25) is 0 Å². The molecule has 0 aliphatic carbocycles. The summed E-state index contributed by atoms with van der Waals surface area (Å²) in [7, 11) is 1.64. The summed E-state index contributed by atoms with van der Waals surface area (Å²) in [5.74, 6) is 0.781. The first-order valence-electron chi connectivity index (χ1n) is 5.35. The van der Waals surface area contributed by atoms with Crippen LogP contribution in [0.4, 0.5) is 0 Å². The van der Waals surface area contributed by atoms with E-state index in [0.29, 0.717) is 4.77 Å². The summed E-state index contributed by atoms with van der Waals surface area (Å²) in [5.41, 5.74) is 1.73. The molecule has 1 N–H and O–H groups in total. The van der Waals surface area contributed by atoms with Crippen LogP contribution in [0.15, 0.2) is 36.7 Å². The summed E-state index contributed by atoms with van der Waals surface area (Å²) < 4.78 is 7.41. The van der Waals surface area contributed by atoms with Gasteiger partial charge in [-0.3, -0.25) is 0 Å². The number of nitrogens with one attached hydrogen (secondary N) is 1. The minimum atomic E-state index is 0.437. The zero-order chi connectivity index (χ0) is 12.5. The van der Waals surface area contributed by atoms with E-state index in [2.05, 4.69) is 15.1 Å². The molecule has 6 heteroatoms. The number of aromatic nitrogens is 4. The number of hydrogen-bond donors (Lipinski definition) is 1. The average molecular weight is 258 g/mol. The molecule has 0 aliphatic rings. The van der Waals surface area contributed by atoms with Gasteiger partial charge in [0.05, 0.1) is 24.4 Å². The number of rotatable bonds is 2. The molecule has 0 bridgehead atoms. The van der Waals surface area contributed by atoms with Crippen molar-refractivity contribution >= 4 is 23.3 Å². The van der Waals surface area contributed by atoms with Gasteiger partial charge >= 0.3 is 0 Å². The minimum Gasteiger partial charge on any atom is -0.497 e. The van der Waals surface area contributed by atoms with Crippen LogP contribution in [0, 0.1) is 4.77 Å². The molecule has 1 aromatic carbocycles. The van der Waals surface area contributed by atoms with Gasteiger partial charge in [-0.25, -0.2) is 9.67 Å². The van der Waals surface area contributed by atoms with Gasteiger partial charge in [-0.15, -0.1) is 0 Å². The van der Waals surface area contributed by atoms with Crippen molar-refractivity contribution in [3.8, 4) is 11.4 Å². The lowest BCUT2D eigenvalue weighted by atomic mass is 10.3. The lowest BCUT2D eigenvalue weighted by Crippen LogP contribution is -1.98. The summed E-state index contributed by atoms with van der Waals surface area (Å²) in [5, 5.41) is 5.23. The first kappa shape index (κ1) is 10.9. The third-order valence-electron chi connectivity index (χ3n) is 2.64. The summed E-state index contributed by atoms with van der Waals surface area (Å²) >= 11 is 5.03. The number of aromatic amines is 1. The van der Waals surface area contributed by atoms with Crippen molar-refractivity contribution < 1.29 is 4.74 Å². The quantitative estimate of drug-likeness (QED) is 0.717. The predicted molar refractivity (Wildman–Crippen MR) is 70.6 cm³/mol. The lowest BCUT2D eigenvalue weighted by Gasteiger charge is -2.05. The zero-order valence-electron chi connectivity index (χ0n) is 9.62. The Kier molecular flexibility index (Phi) is 2.56. The third-order valence-corrected chi connectivity index (χ3v) is 2.85. The topological polar surface area (TPSA) is 55.7 Å². The average Bonchev–Trinajstić information content (AvgIpc) is 2.81. The first-order chi connectivity index (χ1) is 8.78. The summed E-state index contributed by atoms with van der Waals surface area (Å²) in [6.45, 7) is 0. The fourth-order valence-corrected chi connectivity index (χ4v) is 1.93. The highest BCUT2D eigenvalue weighted by molar-refractivity contribution is 7.71. The maximum atomic E-state index is 5.20. The Morgan fingerprint density at radius 3 is 3.06 bits per heavy atom. The molecule has 90 valence electrons. The second-order valence-corrected chi connectivity index (χ2v) is 4.14. The molecular formula is C12H10N4OS. The summed E-state index contributed by atoms with van der Waals surface area (Å²) in [6.07, 6.45) is 3.45. The fourth-order valence-electron chi connectivity index (χ4n) is 1.78. The zero-order valence-corrected chi connectivity index (χ0v) is 10.4. The maximum Gasteiger partial charge on any atom is 0.198 e. The molecule has 0 amide bonds. The predicted octanol–water partition coefficient (Wildman–Crippen LogP) is 2.49. The van der Waals surface area contributed by atoms with Crippen molar-refractivity contribution in [2.24, 2.45) is 0 Å². The molecule has 3 aromatic rings. The molecular weight excluding hydrogens is 248 g/mol. The first-order valence-corrected chi connectivity index (χ1v) is 5.76. The second kappa shape index (κ2) is 4.23. The Labute approximate surface area is 108 Å². The molecule has 2 aromatic heterocycles. The maximum absolute atomic E-state index is 5.20. The van der Waals surface area contributed by atoms with Gasteiger partial charge < -0.3 is 9.72 Å². The van der Waals surface area contributed by atoms with Crippen molar-refractivity contribution in [3.63, 3.8) is 0 Å². The van der Waals surface area contributed by atoms with Crippen LogP contribution >= 0.6 is 12.2 Å². The van der Waals surface area contributed by atoms with Gasteiger partial charge in [0.1, 0.15) is 11.4 Å². The molecule has 3 rings (SSSR count). The van der Waals surface area contributed by atoms with Gasteiger partial charge in [0, 0.05) is 12.3 Å². The van der Waals surface area contributed by atoms with Gasteiger partial charge in [0.25, 0.3) is 0 Å². The number of fused-ring (bicyclic) bond motifs is 1. The number of H-pyrrole nitrogens is 1. The van der Waals surface area contributed by atoms with Gasteiger partial charge in [0.15, 0.2) is 4.77 Å². The van der Waals surface area contributed by atoms with Crippen molar-refractivity contribution in [1.82, 2.24) is 19.7 Å². The SMILES string of the molecule is COc1cccc(-n2ncc3cnc(=S)[nH]c32)c1. The van der Waals surface area contributed by atoms with E-state index in [-0.39, 0.29) is 0 Å². The van der Waals surface area contributed by atoms with E-state index < -0.39 is 0 Å². The Hall–Kier alpha value is -2.21. The third kappa shape index (κ3) is 1.76. The van der Waals surface area contributed by atoms with Crippen LogP contribution < -0.4 is 4.74 Å². The standard InChI is InChI=1S/C12H10N4OS/c1-17-10-4-2-3-9(5-10)16-11-8(7-14-16)6-13-12(18)15-11/h2-7H,1H3,(H,13,15,18). The molecule has 2 heterocycles. The Bertz CT molecular complexity index is 762. The molecule has 18 heavy (non-hydrogen) atoms.